The van der Waals surface area contributed by atoms with Gasteiger partial charge in [0.05, 0.1) is 11.6 Å². The summed E-state index contributed by atoms with van der Waals surface area (Å²) in [6, 6.07) is 4.58. The molecule has 0 aliphatic heterocycles. The molecule has 0 heterocycles. The van der Waals surface area contributed by atoms with Gasteiger partial charge in [0.15, 0.2) is 0 Å². The lowest BCUT2D eigenvalue weighted by Crippen LogP contribution is -2.43. The SMILES string of the molecule is COC1(C(N)c2cc(F)ccc2C)CCCCCC1. The fraction of sp³-hybridized carbons (Fsp3) is 0.625. The van der Waals surface area contributed by atoms with E-state index in [4.69, 9.17) is 10.5 Å². The first-order valence-electron chi connectivity index (χ1n) is 7.16. The van der Waals surface area contributed by atoms with Crippen LogP contribution < -0.4 is 5.73 Å². The first-order chi connectivity index (χ1) is 9.09. The summed E-state index contributed by atoms with van der Waals surface area (Å²) in [4.78, 5) is 0. The number of nitrogens with two attached hydrogens (primary N) is 1. The molecule has 1 aliphatic carbocycles. The van der Waals surface area contributed by atoms with Crippen molar-refractivity contribution >= 4 is 0 Å². The van der Waals surface area contributed by atoms with Crippen LogP contribution in [0.1, 0.15) is 55.7 Å². The fourth-order valence-corrected chi connectivity index (χ4v) is 3.20. The van der Waals surface area contributed by atoms with Gasteiger partial charge >= 0.3 is 0 Å². The van der Waals surface area contributed by atoms with E-state index in [1.54, 1.807) is 19.2 Å². The Morgan fingerprint density at radius 2 is 1.84 bits per heavy atom. The zero-order chi connectivity index (χ0) is 13.9. The maximum absolute atomic E-state index is 13.5. The smallest absolute Gasteiger partial charge is 0.123 e. The van der Waals surface area contributed by atoms with E-state index in [-0.39, 0.29) is 17.5 Å². The minimum Gasteiger partial charge on any atom is -0.376 e. The van der Waals surface area contributed by atoms with Gasteiger partial charge in [0.1, 0.15) is 5.82 Å². The third-order valence-electron chi connectivity index (χ3n) is 4.50. The third-order valence-corrected chi connectivity index (χ3v) is 4.50. The molecule has 1 aliphatic rings. The highest BCUT2D eigenvalue weighted by atomic mass is 19.1. The van der Waals surface area contributed by atoms with Crippen LogP contribution >= 0.6 is 0 Å². The minimum atomic E-state index is -0.338. The highest BCUT2D eigenvalue weighted by Crippen LogP contribution is 2.39. The summed E-state index contributed by atoms with van der Waals surface area (Å²) in [7, 11) is 1.74. The van der Waals surface area contributed by atoms with Gasteiger partial charge in [0.25, 0.3) is 0 Å². The van der Waals surface area contributed by atoms with Crippen LogP contribution in [0.2, 0.25) is 0 Å². The second-order valence-corrected chi connectivity index (χ2v) is 5.66. The molecule has 1 saturated carbocycles. The van der Waals surface area contributed by atoms with Crippen molar-refractivity contribution in [2.75, 3.05) is 7.11 Å². The number of ether oxygens (including phenoxy) is 1. The molecule has 3 heteroatoms. The summed E-state index contributed by atoms with van der Waals surface area (Å²) in [5.74, 6) is -0.226. The summed E-state index contributed by atoms with van der Waals surface area (Å²) in [6.45, 7) is 1.98. The molecule has 1 atom stereocenters. The molecular formula is C16H24FNO. The Kier molecular flexibility index (Phi) is 4.58. The molecule has 1 fully saturated rings. The van der Waals surface area contributed by atoms with Crippen LogP contribution in [-0.2, 0) is 4.74 Å². The molecule has 0 aromatic heterocycles. The molecule has 1 aromatic rings. The fourth-order valence-electron chi connectivity index (χ4n) is 3.20. The van der Waals surface area contributed by atoms with Crippen LogP contribution in [0.15, 0.2) is 18.2 Å². The number of hydrogen-bond acceptors (Lipinski definition) is 2. The van der Waals surface area contributed by atoms with Gasteiger partial charge in [-0.15, -0.1) is 0 Å². The quantitative estimate of drug-likeness (QED) is 0.842. The van der Waals surface area contributed by atoms with Gasteiger partial charge in [-0.05, 0) is 43.0 Å². The minimum absolute atomic E-state index is 0.226. The maximum Gasteiger partial charge on any atom is 0.123 e. The van der Waals surface area contributed by atoms with Crippen molar-refractivity contribution in [3.8, 4) is 0 Å². The van der Waals surface area contributed by atoms with E-state index < -0.39 is 0 Å². The van der Waals surface area contributed by atoms with Crippen molar-refractivity contribution in [1.29, 1.82) is 0 Å². The molecule has 1 aromatic carbocycles. The maximum atomic E-state index is 13.5. The normalized spacial score (nSPS) is 20.8. The lowest BCUT2D eigenvalue weighted by molar-refractivity contribution is -0.0444. The average Bonchev–Trinajstić information content (AvgIpc) is 2.67. The molecular weight excluding hydrogens is 241 g/mol. The second kappa shape index (κ2) is 6.02. The van der Waals surface area contributed by atoms with E-state index in [2.05, 4.69) is 0 Å². The summed E-state index contributed by atoms with van der Waals surface area (Å²) in [5.41, 5.74) is 8.04. The van der Waals surface area contributed by atoms with Crippen LogP contribution in [0.5, 0.6) is 0 Å². The molecule has 106 valence electrons. The van der Waals surface area contributed by atoms with Crippen molar-refractivity contribution < 1.29 is 9.13 Å². The van der Waals surface area contributed by atoms with Gasteiger partial charge in [-0.2, -0.15) is 0 Å². The van der Waals surface area contributed by atoms with Gasteiger partial charge in [0, 0.05) is 7.11 Å². The Bertz CT molecular complexity index is 425. The van der Waals surface area contributed by atoms with Crippen LogP contribution in [-0.4, -0.2) is 12.7 Å². The summed E-state index contributed by atoms with van der Waals surface area (Å²) >= 11 is 0. The van der Waals surface area contributed by atoms with E-state index in [0.717, 1.165) is 36.8 Å². The van der Waals surface area contributed by atoms with Crippen molar-refractivity contribution in [3.63, 3.8) is 0 Å². The predicted octanol–water partition coefficient (Wildman–Crippen LogP) is 3.87. The monoisotopic (exact) mass is 265 g/mol. The topological polar surface area (TPSA) is 35.2 Å². The molecule has 0 amide bonds. The second-order valence-electron chi connectivity index (χ2n) is 5.66. The number of halogens is 1. The van der Waals surface area contributed by atoms with Crippen molar-refractivity contribution in [3.05, 3.63) is 35.1 Å². The summed E-state index contributed by atoms with van der Waals surface area (Å²) in [5, 5.41) is 0. The van der Waals surface area contributed by atoms with Gasteiger partial charge in [-0.1, -0.05) is 31.7 Å². The first kappa shape index (κ1) is 14.5. The zero-order valence-corrected chi connectivity index (χ0v) is 11.9. The highest BCUT2D eigenvalue weighted by Gasteiger charge is 2.38. The Hall–Kier alpha value is -0.930. The lowest BCUT2D eigenvalue weighted by atomic mass is 9.81. The van der Waals surface area contributed by atoms with E-state index in [1.165, 1.54) is 18.9 Å². The predicted molar refractivity (Wildman–Crippen MR) is 75.5 cm³/mol. The van der Waals surface area contributed by atoms with Crippen LogP contribution in [0, 0.1) is 12.7 Å². The van der Waals surface area contributed by atoms with Crippen LogP contribution in [0.4, 0.5) is 4.39 Å². The van der Waals surface area contributed by atoms with E-state index >= 15 is 0 Å². The first-order valence-corrected chi connectivity index (χ1v) is 7.16. The Balaban J connectivity index is 2.33. The van der Waals surface area contributed by atoms with Crippen LogP contribution in [0.25, 0.3) is 0 Å². The highest BCUT2D eigenvalue weighted by molar-refractivity contribution is 5.31. The number of methoxy groups -OCH3 is 1. The standard InChI is InChI=1S/C16H24FNO/c1-12-7-8-13(17)11-14(12)15(18)16(19-2)9-5-3-4-6-10-16/h7-8,11,15H,3-6,9-10,18H2,1-2H3. The van der Waals surface area contributed by atoms with Crippen molar-refractivity contribution in [2.24, 2.45) is 5.73 Å². The molecule has 2 nitrogen and oxygen atoms in total. The molecule has 0 spiro atoms. The zero-order valence-electron chi connectivity index (χ0n) is 11.9. The molecule has 2 N–H and O–H groups in total. The largest absolute Gasteiger partial charge is 0.376 e. The van der Waals surface area contributed by atoms with Gasteiger partial charge in [-0.3, -0.25) is 0 Å². The van der Waals surface area contributed by atoms with Crippen LogP contribution in [0.3, 0.4) is 0 Å². The van der Waals surface area contributed by atoms with Gasteiger partial charge < -0.3 is 10.5 Å². The molecule has 19 heavy (non-hydrogen) atoms. The van der Waals surface area contributed by atoms with Crippen molar-refractivity contribution in [1.82, 2.24) is 0 Å². The molecule has 0 radical (unpaired) electrons. The lowest BCUT2D eigenvalue weighted by Gasteiger charge is -2.38. The number of aryl methyl sites for hydroxylation is 1. The Morgan fingerprint density at radius 1 is 1.21 bits per heavy atom. The Labute approximate surface area is 115 Å². The number of hydrogen-bond donors (Lipinski definition) is 1. The van der Waals surface area contributed by atoms with Crippen molar-refractivity contribution in [2.45, 2.75) is 57.1 Å². The van der Waals surface area contributed by atoms with E-state index in [9.17, 15) is 4.39 Å². The van der Waals surface area contributed by atoms with Gasteiger partial charge in [0.2, 0.25) is 0 Å². The molecule has 2 rings (SSSR count). The summed E-state index contributed by atoms with van der Waals surface area (Å²) in [6.07, 6.45) is 6.66. The number of rotatable bonds is 3. The molecule has 1 unspecified atom stereocenters. The van der Waals surface area contributed by atoms with E-state index in [0.29, 0.717) is 0 Å². The Morgan fingerprint density at radius 3 is 2.42 bits per heavy atom. The van der Waals surface area contributed by atoms with Gasteiger partial charge in [-0.25, -0.2) is 4.39 Å². The van der Waals surface area contributed by atoms with E-state index in [1.807, 2.05) is 6.92 Å². The molecule has 0 bridgehead atoms. The third kappa shape index (κ3) is 2.98. The molecule has 0 saturated heterocycles. The number of benzene rings is 1. The summed E-state index contributed by atoms with van der Waals surface area (Å²) < 4.78 is 19.3. The average molecular weight is 265 g/mol.